The summed E-state index contributed by atoms with van der Waals surface area (Å²) in [6, 6.07) is 4.89. The molecule has 0 spiro atoms. The molecular formula is C23H33F2NO5. The second-order valence-corrected chi connectivity index (χ2v) is 8.89. The number of halogens is 2. The number of hydrogen-bond donors (Lipinski definition) is 1. The van der Waals surface area contributed by atoms with Gasteiger partial charge in [-0.05, 0) is 43.4 Å². The van der Waals surface area contributed by atoms with Crippen LogP contribution in [0.15, 0.2) is 18.2 Å². The summed E-state index contributed by atoms with van der Waals surface area (Å²) in [4.78, 5) is 12.6. The van der Waals surface area contributed by atoms with E-state index in [9.17, 15) is 13.6 Å². The number of methoxy groups -OCH3 is 2. The van der Waals surface area contributed by atoms with E-state index < -0.39 is 12.2 Å². The van der Waals surface area contributed by atoms with Gasteiger partial charge in [-0.2, -0.15) is 8.78 Å². The zero-order valence-electron chi connectivity index (χ0n) is 18.7. The van der Waals surface area contributed by atoms with E-state index in [2.05, 4.69) is 23.9 Å². The van der Waals surface area contributed by atoms with Crippen LogP contribution in [0.3, 0.4) is 0 Å². The third-order valence-corrected chi connectivity index (χ3v) is 6.55. The Morgan fingerprint density at radius 2 is 2.06 bits per heavy atom. The molecule has 1 aromatic rings. The molecule has 1 saturated carbocycles. The molecule has 8 heteroatoms. The van der Waals surface area contributed by atoms with Crippen LogP contribution < -0.4 is 14.8 Å². The number of nitrogens with one attached hydrogen (secondary N) is 1. The highest BCUT2D eigenvalue weighted by Gasteiger charge is 2.49. The number of amides is 1. The molecule has 1 aromatic carbocycles. The van der Waals surface area contributed by atoms with Crippen LogP contribution in [0, 0.1) is 11.8 Å². The highest BCUT2D eigenvalue weighted by molar-refractivity contribution is 5.77. The Bertz CT molecular complexity index is 761. The van der Waals surface area contributed by atoms with Gasteiger partial charge in [-0.15, -0.1) is 0 Å². The van der Waals surface area contributed by atoms with E-state index in [0.29, 0.717) is 25.4 Å². The Morgan fingerprint density at radius 1 is 1.29 bits per heavy atom. The van der Waals surface area contributed by atoms with Crippen LogP contribution in [0.5, 0.6) is 11.5 Å². The van der Waals surface area contributed by atoms with Crippen molar-refractivity contribution in [3.63, 3.8) is 0 Å². The molecule has 0 aromatic heterocycles. The molecule has 1 N–H and O–H groups in total. The first-order valence-corrected chi connectivity index (χ1v) is 10.8. The van der Waals surface area contributed by atoms with Crippen molar-refractivity contribution >= 4 is 5.91 Å². The number of carbonyl (C=O) groups excluding carboxylic acids is 1. The second kappa shape index (κ2) is 10.1. The molecule has 0 bridgehead atoms. The molecular weight excluding hydrogens is 408 g/mol. The molecule has 2 aliphatic rings. The Hall–Kier alpha value is -1.93. The van der Waals surface area contributed by atoms with Crippen molar-refractivity contribution in [1.29, 1.82) is 0 Å². The maximum Gasteiger partial charge on any atom is 0.387 e. The summed E-state index contributed by atoms with van der Waals surface area (Å²) in [5, 5.41) is 3.26. The summed E-state index contributed by atoms with van der Waals surface area (Å²) in [7, 11) is 2.99. The monoisotopic (exact) mass is 441 g/mol. The van der Waals surface area contributed by atoms with Crippen molar-refractivity contribution in [2.75, 3.05) is 20.8 Å². The van der Waals surface area contributed by atoms with Crippen molar-refractivity contribution in [3.8, 4) is 11.5 Å². The van der Waals surface area contributed by atoms with Gasteiger partial charge in [0, 0.05) is 31.4 Å². The Labute approximate surface area is 182 Å². The lowest BCUT2D eigenvalue weighted by atomic mass is 9.66. The highest BCUT2D eigenvalue weighted by atomic mass is 19.3. The first-order valence-electron chi connectivity index (χ1n) is 10.8. The number of carbonyl (C=O) groups is 1. The molecule has 2 fully saturated rings. The standard InChI is InChI=1S/C23H33F2NO5/c1-14-5-7-16-18(11-14)30-20(13-23(16,2)26-21(27)9-10-28-3)15-6-8-17(31-22(24)25)19(12-15)29-4/h6,8,12,14,16,18,20,22H,5,7,9-11,13H2,1-4H3,(H,26,27)/t14-,16-,18-,20-,23+/m1/s1. The van der Waals surface area contributed by atoms with Crippen molar-refractivity contribution in [1.82, 2.24) is 5.32 Å². The van der Waals surface area contributed by atoms with Gasteiger partial charge >= 0.3 is 6.61 Å². The minimum atomic E-state index is -2.93. The summed E-state index contributed by atoms with van der Waals surface area (Å²) in [6.45, 7) is 1.75. The number of hydrogen-bond acceptors (Lipinski definition) is 5. The van der Waals surface area contributed by atoms with Crippen molar-refractivity contribution in [2.24, 2.45) is 11.8 Å². The lowest BCUT2D eigenvalue weighted by Crippen LogP contribution is -2.60. The van der Waals surface area contributed by atoms with Gasteiger partial charge in [0.25, 0.3) is 0 Å². The number of fused-ring (bicyclic) bond motifs is 1. The van der Waals surface area contributed by atoms with Crippen molar-refractivity contribution in [3.05, 3.63) is 23.8 Å². The Balaban J connectivity index is 1.86. The molecule has 6 nitrogen and oxygen atoms in total. The topological polar surface area (TPSA) is 66.0 Å². The predicted octanol–water partition coefficient (Wildman–Crippen LogP) is 4.47. The first kappa shape index (κ1) is 23.7. The summed E-state index contributed by atoms with van der Waals surface area (Å²) in [5.41, 5.74) is 0.372. The van der Waals surface area contributed by atoms with Crippen molar-refractivity contribution < 1.29 is 32.5 Å². The lowest BCUT2D eigenvalue weighted by Gasteiger charge is -2.52. The minimum absolute atomic E-state index is 0.0122. The highest BCUT2D eigenvalue weighted by Crippen LogP contribution is 2.48. The minimum Gasteiger partial charge on any atom is -0.493 e. The summed E-state index contributed by atoms with van der Waals surface area (Å²) < 4.78 is 46.7. The van der Waals surface area contributed by atoms with E-state index in [1.54, 1.807) is 19.2 Å². The van der Waals surface area contributed by atoms with Gasteiger partial charge in [-0.1, -0.05) is 19.4 Å². The van der Waals surface area contributed by atoms with Crippen LogP contribution >= 0.6 is 0 Å². The molecule has 31 heavy (non-hydrogen) atoms. The quantitative estimate of drug-likeness (QED) is 0.645. The molecule has 0 unspecified atom stereocenters. The van der Waals surface area contributed by atoms with Crippen molar-refractivity contribution in [2.45, 2.75) is 70.3 Å². The third kappa shape index (κ3) is 5.66. The fraction of sp³-hybridized carbons (Fsp3) is 0.696. The van der Waals surface area contributed by atoms with Gasteiger partial charge in [0.15, 0.2) is 11.5 Å². The second-order valence-electron chi connectivity index (χ2n) is 8.89. The van der Waals surface area contributed by atoms with E-state index in [-0.39, 0.29) is 35.5 Å². The van der Waals surface area contributed by atoms with E-state index >= 15 is 0 Å². The largest absolute Gasteiger partial charge is 0.493 e. The number of rotatable bonds is 8. The van der Waals surface area contributed by atoms with Gasteiger partial charge in [0.05, 0.1) is 25.9 Å². The lowest BCUT2D eigenvalue weighted by molar-refractivity contribution is -0.154. The Kier molecular flexibility index (Phi) is 7.75. The molecule has 3 rings (SSSR count). The van der Waals surface area contributed by atoms with Crippen LogP contribution in [0.1, 0.15) is 57.6 Å². The average molecular weight is 442 g/mol. The Morgan fingerprint density at radius 3 is 2.74 bits per heavy atom. The summed E-state index contributed by atoms with van der Waals surface area (Å²) in [5.74, 6) is 0.934. The van der Waals surface area contributed by atoms with Crippen LogP contribution in [0.2, 0.25) is 0 Å². The SMILES string of the molecule is COCCC(=O)N[C@@]1(C)C[C@H](c2ccc(OC(F)F)c(OC)c2)O[C@@H]2C[C@H](C)CC[C@H]21. The van der Waals surface area contributed by atoms with Crippen LogP contribution in [-0.4, -0.2) is 45.0 Å². The molecule has 1 heterocycles. The third-order valence-electron chi connectivity index (χ3n) is 6.55. The van der Waals surface area contributed by atoms with E-state index in [1.165, 1.54) is 13.2 Å². The zero-order chi connectivity index (χ0) is 22.6. The smallest absolute Gasteiger partial charge is 0.387 e. The molecule has 174 valence electrons. The van der Waals surface area contributed by atoms with Gasteiger partial charge in [-0.25, -0.2) is 0 Å². The molecule has 1 amide bonds. The maximum atomic E-state index is 12.7. The van der Waals surface area contributed by atoms with Crippen LogP contribution in [0.4, 0.5) is 8.78 Å². The number of ether oxygens (including phenoxy) is 4. The zero-order valence-corrected chi connectivity index (χ0v) is 18.7. The molecule has 0 radical (unpaired) electrons. The van der Waals surface area contributed by atoms with Gasteiger partial charge < -0.3 is 24.3 Å². The molecule has 1 aliphatic heterocycles. The number of alkyl halides is 2. The van der Waals surface area contributed by atoms with Gasteiger partial charge in [0.1, 0.15) is 0 Å². The van der Waals surface area contributed by atoms with Gasteiger partial charge in [-0.3, -0.25) is 4.79 Å². The first-order chi connectivity index (χ1) is 14.8. The average Bonchev–Trinajstić information content (AvgIpc) is 2.71. The van der Waals surface area contributed by atoms with E-state index in [4.69, 9.17) is 14.2 Å². The fourth-order valence-electron chi connectivity index (χ4n) is 5.00. The van der Waals surface area contributed by atoms with Crippen LogP contribution in [0.25, 0.3) is 0 Å². The van der Waals surface area contributed by atoms with E-state index in [1.807, 2.05) is 0 Å². The molecule has 5 atom stereocenters. The fourth-order valence-corrected chi connectivity index (χ4v) is 5.00. The number of benzene rings is 1. The molecule has 1 saturated heterocycles. The molecule has 1 aliphatic carbocycles. The summed E-state index contributed by atoms with van der Waals surface area (Å²) in [6.07, 6.45) is 3.62. The van der Waals surface area contributed by atoms with E-state index in [0.717, 1.165) is 24.8 Å². The maximum absolute atomic E-state index is 12.7. The van der Waals surface area contributed by atoms with Gasteiger partial charge in [0.2, 0.25) is 5.91 Å². The van der Waals surface area contributed by atoms with Crippen LogP contribution in [-0.2, 0) is 14.3 Å². The summed E-state index contributed by atoms with van der Waals surface area (Å²) >= 11 is 0. The predicted molar refractivity (Wildman–Crippen MR) is 111 cm³/mol. The normalized spacial score (nSPS) is 30.5.